The van der Waals surface area contributed by atoms with Crippen LogP contribution < -0.4 is 10.6 Å². The molecule has 3 nitrogen and oxygen atoms in total. The first-order valence-electron chi connectivity index (χ1n) is 8.37. The van der Waals surface area contributed by atoms with Gasteiger partial charge in [-0.15, -0.1) is 0 Å². The number of para-hydroxylation sites is 2. The Morgan fingerprint density at radius 2 is 1.84 bits per heavy atom. The summed E-state index contributed by atoms with van der Waals surface area (Å²) in [5.74, 6) is -0.130. The average molecular weight is 357 g/mol. The Morgan fingerprint density at radius 1 is 1.08 bits per heavy atom. The largest absolute Gasteiger partial charge is 0.372 e. The van der Waals surface area contributed by atoms with Crippen molar-refractivity contribution >= 4 is 28.8 Å². The van der Waals surface area contributed by atoms with Crippen LogP contribution in [0.5, 0.6) is 0 Å². The smallest absolute Gasteiger partial charge is 0.163 e. The van der Waals surface area contributed by atoms with Gasteiger partial charge in [0.05, 0.1) is 17.4 Å². The summed E-state index contributed by atoms with van der Waals surface area (Å²) in [5.41, 5.74) is 3.46. The fourth-order valence-electron chi connectivity index (χ4n) is 3.69. The summed E-state index contributed by atoms with van der Waals surface area (Å²) in [7, 11) is 0. The highest BCUT2D eigenvalue weighted by molar-refractivity contribution is 6.31. The molecule has 25 heavy (non-hydrogen) atoms. The van der Waals surface area contributed by atoms with E-state index >= 15 is 0 Å². The Morgan fingerprint density at radius 3 is 2.60 bits per heavy atom. The summed E-state index contributed by atoms with van der Waals surface area (Å²) in [5, 5.41) is 7.04. The van der Waals surface area contributed by atoms with Gasteiger partial charge >= 0.3 is 0 Å². The van der Waals surface area contributed by atoms with Crippen LogP contribution in [0.15, 0.2) is 53.7 Å². The van der Waals surface area contributed by atoms with E-state index in [2.05, 4.69) is 17.6 Å². The van der Waals surface area contributed by atoms with E-state index in [0.717, 1.165) is 23.5 Å². The van der Waals surface area contributed by atoms with E-state index in [-0.39, 0.29) is 11.7 Å². The first-order chi connectivity index (χ1) is 12.0. The lowest BCUT2D eigenvalue weighted by atomic mass is 9.82. The topological polar surface area (TPSA) is 41.1 Å². The van der Waals surface area contributed by atoms with Gasteiger partial charge in [0.25, 0.3) is 0 Å². The molecule has 0 saturated carbocycles. The molecule has 128 valence electrons. The van der Waals surface area contributed by atoms with E-state index in [1.54, 1.807) is 12.1 Å². The van der Waals surface area contributed by atoms with Crippen molar-refractivity contribution in [2.45, 2.75) is 25.8 Å². The molecule has 5 heteroatoms. The molecule has 2 aromatic carbocycles. The number of Topliss-reactive ketones (excluding diaryl/α,β-unsaturated/α-hetero) is 1. The molecular weight excluding hydrogens is 339 g/mol. The summed E-state index contributed by atoms with van der Waals surface area (Å²) in [6.45, 7) is 2.05. The van der Waals surface area contributed by atoms with Crippen molar-refractivity contribution in [1.29, 1.82) is 0 Å². The molecule has 1 aliphatic heterocycles. The van der Waals surface area contributed by atoms with Crippen LogP contribution in [0.4, 0.5) is 15.8 Å². The number of carbonyl (C=O) groups excluding carboxylic acids is 1. The number of hydrogen-bond acceptors (Lipinski definition) is 3. The third-order valence-electron chi connectivity index (χ3n) is 4.80. The highest BCUT2D eigenvalue weighted by Gasteiger charge is 2.36. The number of fused-ring (bicyclic) bond motifs is 1. The Labute approximate surface area is 150 Å². The first kappa shape index (κ1) is 16.2. The molecule has 2 atom stereocenters. The minimum absolute atomic E-state index is 0.0332. The zero-order chi connectivity index (χ0) is 17.6. The fourth-order valence-corrected chi connectivity index (χ4v) is 3.96. The summed E-state index contributed by atoms with van der Waals surface area (Å²) in [4.78, 5) is 12.8. The molecule has 0 radical (unpaired) electrons. The second-order valence-electron chi connectivity index (χ2n) is 6.71. The molecule has 0 amide bonds. The number of carbonyl (C=O) groups is 1. The Bertz CT molecular complexity index is 873. The number of benzene rings is 2. The van der Waals surface area contributed by atoms with Gasteiger partial charge in [0.2, 0.25) is 0 Å². The van der Waals surface area contributed by atoms with E-state index in [9.17, 15) is 9.18 Å². The molecule has 0 bridgehead atoms. The van der Waals surface area contributed by atoms with Crippen molar-refractivity contribution in [2.75, 3.05) is 10.6 Å². The summed E-state index contributed by atoms with van der Waals surface area (Å²) < 4.78 is 14.6. The van der Waals surface area contributed by atoms with Gasteiger partial charge in [0, 0.05) is 28.3 Å². The fraction of sp³-hybridized carbons (Fsp3) is 0.250. The quantitative estimate of drug-likeness (QED) is 0.727. The van der Waals surface area contributed by atoms with Gasteiger partial charge in [-0.25, -0.2) is 4.39 Å². The molecule has 2 aromatic rings. The molecule has 0 saturated heterocycles. The molecule has 4 rings (SSSR count). The Kier molecular flexibility index (Phi) is 4.00. The molecular formula is C20H18ClFN2O. The SMILES string of the molecule is C[C@H]1CC(=O)C2=C(C1)Nc1ccccc1N[C@H]2c1c(F)cccc1Cl. The Balaban J connectivity index is 1.94. The molecule has 1 aliphatic carbocycles. The maximum Gasteiger partial charge on any atom is 0.163 e. The first-order valence-corrected chi connectivity index (χ1v) is 8.75. The number of allylic oxidation sites excluding steroid dienone is 1. The number of halogens is 2. The second-order valence-corrected chi connectivity index (χ2v) is 7.12. The lowest BCUT2D eigenvalue weighted by molar-refractivity contribution is -0.117. The van der Waals surface area contributed by atoms with Gasteiger partial charge < -0.3 is 10.6 Å². The molecule has 0 aromatic heterocycles. The van der Waals surface area contributed by atoms with E-state index < -0.39 is 11.9 Å². The lowest BCUT2D eigenvalue weighted by Crippen LogP contribution is -2.27. The predicted molar refractivity (Wildman–Crippen MR) is 98.3 cm³/mol. The van der Waals surface area contributed by atoms with Crippen LogP contribution in [0.3, 0.4) is 0 Å². The standard InChI is InChI=1S/C20H18ClFN2O/c1-11-9-16-19(17(25)10-11)20(18-12(21)5-4-6-13(18)22)24-15-8-3-2-7-14(15)23-16/h2-8,11,20,23-24H,9-10H2,1H3/t11-,20+/m1/s1. The van der Waals surface area contributed by atoms with Gasteiger partial charge in [-0.1, -0.05) is 36.7 Å². The van der Waals surface area contributed by atoms with Crippen LogP contribution >= 0.6 is 11.6 Å². The van der Waals surface area contributed by atoms with Crippen LogP contribution in [-0.4, -0.2) is 5.78 Å². The van der Waals surface area contributed by atoms with E-state index in [1.165, 1.54) is 6.07 Å². The van der Waals surface area contributed by atoms with Gasteiger partial charge in [-0.2, -0.15) is 0 Å². The summed E-state index contributed by atoms with van der Waals surface area (Å²) >= 11 is 6.32. The lowest BCUT2D eigenvalue weighted by Gasteiger charge is -2.28. The van der Waals surface area contributed by atoms with E-state index in [0.29, 0.717) is 22.6 Å². The average Bonchev–Trinajstić information content (AvgIpc) is 2.71. The van der Waals surface area contributed by atoms with Crippen LogP contribution in [-0.2, 0) is 4.79 Å². The molecule has 1 heterocycles. The van der Waals surface area contributed by atoms with Crippen LogP contribution in [0.2, 0.25) is 5.02 Å². The molecule has 0 unspecified atom stereocenters. The van der Waals surface area contributed by atoms with E-state index in [1.807, 2.05) is 24.3 Å². The number of hydrogen-bond donors (Lipinski definition) is 2. The number of ketones is 1. The molecule has 2 aliphatic rings. The van der Waals surface area contributed by atoms with Crippen LogP contribution in [0.1, 0.15) is 31.4 Å². The molecule has 0 spiro atoms. The van der Waals surface area contributed by atoms with Gasteiger partial charge in [0.1, 0.15) is 5.82 Å². The van der Waals surface area contributed by atoms with Crippen molar-refractivity contribution in [2.24, 2.45) is 5.92 Å². The van der Waals surface area contributed by atoms with Crippen LogP contribution in [0, 0.1) is 11.7 Å². The maximum atomic E-state index is 14.6. The van der Waals surface area contributed by atoms with Crippen LogP contribution in [0.25, 0.3) is 0 Å². The number of anilines is 2. The highest BCUT2D eigenvalue weighted by atomic mass is 35.5. The number of nitrogens with one attached hydrogen (secondary N) is 2. The van der Waals surface area contributed by atoms with Gasteiger partial charge in [0.15, 0.2) is 5.78 Å². The van der Waals surface area contributed by atoms with Crippen molar-refractivity contribution in [1.82, 2.24) is 0 Å². The normalized spacial score (nSPS) is 22.4. The predicted octanol–water partition coefficient (Wildman–Crippen LogP) is 5.31. The second kappa shape index (κ2) is 6.19. The summed E-state index contributed by atoms with van der Waals surface area (Å²) in [6.07, 6.45) is 1.21. The molecule has 0 fully saturated rings. The highest BCUT2D eigenvalue weighted by Crippen LogP contribution is 2.43. The monoisotopic (exact) mass is 356 g/mol. The minimum atomic E-state index is -0.611. The zero-order valence-corrected chi connectivity index (χ0v) is 14.5. The maximum absolute atomic E-state index is 14.6. The van der Waals surface area contributed by atoms with E-state index in [4.69, 9.17) is 11.6 Å². The van der Waals surface area contributed by atoms with Crippen molar-refractivity contribution in [3.05, 3.63) is 70.1 Å². The third kappa shape index (κ3) is 2.81. The minimum Gasteiger partial charge on any atom is -0.372 e. The molecule has 2 N–H and O–H groups in total. The third-order valence-corrected chi connectivity index (χ3v) is 5.13. The number of rotatable bonds is 1. The summed E-state index contributed by atoms with van der Waals surface area (Å²) in [6, 6.07) is 11.7. The zero-order valence-electron chi connectivity index (χ0n) is 13.8. The van der Waals surface area contributed by atoms with Gasteiger partial charge in [-0.05, 0) is 36.6 Å². The van der Waals surface area contributed by atoms with Crippen molar-refractivity contribution in [3.8, 4) is 0 Å². The van der Waals surface area contributed by atoms with Gasteiger partial charge in [-0.3, -0.25) is 4.79 Å². The van der Waals surface area contributed by atoms with Crippen molar-refractivity contribution in [3.63, 3.8) is 0 Å². The van der Waals surface area contributed by atoms with Crippen molar-refractivity contribution < 1.29 is 9.18 Å². The Hall–Kier alpha value is -2.33.